The molecule has 0 saturated heterocycles. The molecule has 0 aromatic rings. The third-order valence-corrected chi connectivity index (χ3v) is 9.09. The molecule has 0 amide bonds. The predicted molar refractivity (Wildman–Crippen MR) is 93.3 cm³/mol. The standard InChI is InChI=1S/C21H34O3/c1-12(22)15-4-5-16-14-11-19(24)18-10-13(23)6-8-21(18,3)17(14)7-9-20(15,16)2/h12-18,22-23H,4-11H2,1-3H3/t12-,13-,14+,15+,16+,17+,18+,20+,21-/m0/s1. The maximum atomic E-state index is 13.0. The van der Waals surface area contributed by atoms with Crippen molar-refractivity contribution in [2.45, 2.75) is 84.3 Å². The molecule has 0 aromatic heterocycles. The lowest BCUT2D eigenvalue weighted by Gasteiger charge is -2.60. The van der Waals surface area contributed by atoms with Crippen LogP contribution in [-0.2, 0) is 4.79 Å². The van der Waals surface area contributed by atoms with E-state index in [4.69, 9.17) is 0 Å². The average molecular weight is 335 g/mol. The number of hydrogen-bond donors (Lipinski definition) is 2. The van der Waals surface area contributed by atoms with E-state index in [0.717, 1.165) is 25.7 Å². The Morgan fingerprint density at radius 3 is 2.42 bits per heavy atom. The van der Waals surface area contributed by atoms with Gasteiger partial charge in [-0.25, -0.2) is 0 Å². The van der Waals surface area contributed by atoms with E-state index in [0.29, 0.717) is 35.9 Å². The van der Waals surface area contributed by atoms with Crippen LogP contribution in [0.15, 0.2) is 0 Å². The predicted octanol–water partition coefficient (Wildman–Crippen LogP) is 3.57. The number of aliphatic hydroxyl groups is 2. The Bertz CT molecular complexity index is 529. The Hall–Kier alpha value is -0.410. The number of aliphatic hydroxyl groups excluding tert-OH is 2. The van der Waals surface area contributed by atoms with Gasteiger partial charge in [0.15, 0.2) is 0 Å². The number of fused-ring (bicyclic) bond motifs is 5. The van der Waals surface area contributed by atoms with Crippen LogP contribution in [0.2, 0.25) is 0 Å². The summed E-state index contributed by atoms with van der Waals surface area (Å²) in [5.41, 5.74) is 0.316. The van der Waals surface area contributed by atoms with E-state index in [1.165, 1.54) is 19.3 Å². The summed E-state index contributed by atoms with van der Waals surface area (Å²) in [6.45, 7) is 6.69. The second kappa shape index (κ2) is 5.54. The molecule has 4 saturated carbocycles. The normalized spacial score (nSPS) is 55.5. The van der Waals surface area contributed by atoms with Crippen molar-refractivity contribution in [3.05, 3.63) is 0 Å². The van der Waals surface area contributed by atoms with Gasteiger partial charge in [0.2, 0.25) is 0 Å². The first-order chi connectivity index (χ1) is 11.3. The Balaban J connectivity index is 1.66. The summed E-state index contributed by atoms with van der Waals surface area (Å²) in [7, 11) is 0. The number of Topliss-reactive ketones (excluding diaryl/α,β-unsaturated/α-hetero) is 1. The number of hydrogen-bond acceptors (Lipinski definition) is 3. The van der Waals surface area contributed by atoms with Crippen molar-refractivity contribution in [2.75, 3.05) is 0 Å². The smallest absolute Gasteiger partial charge is 0.136 e. The molecule has 4 aliphatic rings. The van der Waals surface area contributed by atoms with Crippen LogP contribution >= 0.6 is 0 Å². The van der Waals surface area contributed by atoms with Crippen LogP contribution in [0.3, 0.4) is 0 Å². The summed E-state index contributed by atoms with van der Waals surface area (Å²) in [6.07, 6.45) is 7.49. The van der Waals surface area contributed by atoms with Crippen molar-refractivity contribution in [1.82, 2.24) is 0 Å². The highest BCUT2D eigenvalue weighted by Gasteiger charge is 2.62. The minimum absolute atomic E-state index is 0.0841. The fourth-order valence-electron chi connectivity index (χ4n) is 7.85. The Morgan fingerprint density at radius 2 is 1.71 bits per heavy atom. The molecule has 0 unspecified atom stereocenters. The van der Waals surface area contributed by atoms with Crippen LogP contribution in [0.1, 0.15) is 72.1 Å². The largest absolute Gasteiger partial charge is 0.393 e. The quantitative estimate of drug-likeness (QED) is 0.771. The SMILES string of the molecule is C[C@H](O)[C@H]1CC[C@@H]2[C@H]3CC(=O)[C@H]4C[C@@H](O)CC[C@@]4(C)[C@@H]3CC[C@@]21C. The van der Waals surface area contributed by atoms with Gasteiger partial charge in [0, 0.05) is 12.3 Å². The summed E-state index contributed by atoms with van der Waals surface area (Å²) in [5.74, 6) is 2.65. The van der Waals surface area contributed by atoms with Gasteiger partial charge < -0.3 is 10.2 Å². The average Bonchev–Trinajstić information content (AvgIpc) is 2.87. The molecule has 0 radical (unpaired) electrons. The van der Waals surface area contributed by atoms with Crippen molar-refractivity contribution in [3.8, 4) is 0 Å². The molecular formula is C21H34O3. The van der Waals surface area contributed by atoms with Crippen LogP contribution in [0.5, 0.6) is 0 Å². The molecule has 0 aliphatic heterocycles. The lowest BCUT2D eigenvalue weighted by atomic mass is 9.44. The zero-order valence-electron chi connectivity index (χ0n) is 15.5. The monoisotopic (exact) mass is 334 g/mol. The van der Waals surface area contributed by atoms with E-state index >= 15 is 0 Å². The van der Waals surface area contributed by atoms with Crippen LogP contribution in [-0.4, -0.2) is 28.2 Å². The molecule has 2 N–H and O–H groups in total. The minimum Gasteiger partial charge on any atom is -0.393 e. The van der Waals surface area contributed by atoms with Gasteiger partial charge in [-0.1, -0.05) is 13.8 Å². The highest BCUT2D eigenvalue weighted by atomic mass is 16.3. The van der Waals surface area contributed by atoms with Crippen LogP contribution in [0.25, 0.3) is 0 Å². The molecule has 136 valence electrons. The highest BCUT2D eigenvalue weighted by molar-refractivity contribution is 5.83. The maximum Gasteiger partial charge on any atom is 0.136 e. The van der Waals surface area contributed by atoms with Gasteiger partial charge in [-0.15, -0.1) is 0 Å². The minimum atomic E-state index is -0.275. The van der Waals surface area contributed by atoms with E-state index in [1.54, 1.807) is 0 Å². The van der Waals surface area contributed by atoms with Crippen LogP contribution < -0.4 is 0 Å². The number of ketones is 1. The summed E-state index contributed by atoms with van der Waals surface area (Å²) in [6, 6.07) is 0. The van der Waals surface area contributed by atoms with Crippen molar-refractivity contribution in [3.63, 3.8) is 0 Å². The first-order valence-electron chi connectivity index (χ1n) is 10.2. The third kappa shape index (κ3) is 2.19. The fraction of sp³-hybridized carbons (Fsp3) is 0.952. The van der Waals surface area contributed by atoms with Crippen molar-refractivity contribution < 1.29 is 15.0 Å². The van der Waals surface area contributed by atoms with Crippen LogP contribution in [0, 0.1) is 40.4 Å². The first kappa shape index (κ1) is 17.0. The number of rotatable bonds is 1. The lowest BCUT2D eigenvalue weighted by molar-refractivity contribution is -0.160. The number of carbonyl (C=O) groups is 1. The first-order valence-corrected chi connectivity index (χ1v) is 10.2. The zero-order chi connectivity index (χ0) is 17.3. The molecule has 4 aliphatic carbocycles. The zero-order valence-corrected chi connectivity index (χ0v) is 15.5. The molecule has 0 aromatic carbocycles. The van der Waals surface area contributed by atoms with E-state index < -0.39 is 0 Å². The summed E-state index contributed by atoms with van der Waals surface area (Å²) >= 11 is 0. The molecule has 9 atom stereocenters. The molecule has 0 heterocycles. The molecule has 0 bridgehead atoms. The Labute approximate surface area is 146 Å². The summed E-state index contributed by atoms with van der Waals surface area (Å²) in [5, 5.41) is 20.4. The summed E-state index contributed by atoms with van der Waals surface area (Å²) < 4.78 is 0. The number of carbonyl (C=O) groups excluding carboxylic acids is 1. The second-order valence-corrected chi connectivity index (χ2v) is 10.0. The van der Waals surface area contributed by atoms with Gasteiger partial charge in [0.05, 0.1) is 12.2 Å². The molecule has 4 fully saturated rings. The lowest BCUT2D eigenvalue weighted by Crippen LogP contribution is -2.57. The third-order valence-electron chi connectivity index (χ3n) is 9.09. The van der Waals surface area contributed by atoms with E-state index in [2.05, 4.69) is 13.8 Å². The van der Waals surface area contributed by atoms with Gasteiger partial charge >= 0.3 is 0 Å². The molecule has 4 rings (SSSR count). The van der Waals surface area contributed by atoms with Gasteiger partial charge in [0.25, 0.3) is 0 Å². The molecule has 3 nitrogen and oxygen atoms in total. The topological polar surface area (TPSA) is 57.5 Å². The molecule has 0 spiro atoms. The highest BCUT2D eigenvalue weighted by Crippen LogP contribution is 2.67. The van der Waals surface area contributed by atoms with E-state index in [-0.39, 0.29) is 29.0 Å². The Morgan fingerprint density at radius 1 is 1.04 bits per heavy atom. The summed E-state index contributed by atoms with van der Waals surface area (Å²) in [4.78, 5) is 13.0. The van der Waals surface area contributed by atoms with Crippen molar-refractivity contribution >= 4 is 5.78 Å². The molecule has 3 heteroatoms. The van der Waals surface area contributed by atoms with Crippen LogP contribution in [0.4, 0.5) is 0 Å². The van der Waals surface area contributed by atoms with Gasteiger partial charge in [-0.3, -0.25) is 4.79 Å². The van der Waals surface area contributed by atoms with Gasteiger partial charge in [-0.05, 0) is 86.4 Å². The fourth-order valence-corrected chi connectivity index (χ4v) is 7.85. The van der Waals surface area contributed by atoms with Crippen molar-refractivity contribution in [2.24, 2.45) is 40.4 Å². The van der Waals surface area contributed by atoms with Gasteiger partial charge in [0.1, 0.15) is 5.78 Å². The van der Waals surface area contributed by atoms with Gasteiger partial charge in [-0.2, -0.15) is 0 Å². The van der Waals surface area contributed by atoms with Crippen molar-refractivity contribution in [1.29, 1.82) is 0 Å². The maximum absolute atomic E-state index is 13.0. The second-order valence-electron chi connectivity index (χ2n) is 10.0. The Kier molecular flexibility index (Phi) is 3.93. The molecular weight excluding hydrogens is 300 g/mol. The molecule has 24 heavy (non-hydrogen) atoms. The van der Waals surface area contributed by atoms with E-state index in [9.17, 15) is 15.0 Å². The van der Waals surface area contributed by atoms with E-state index in [1.807, 2.05) is 6.92 Å².